The van der Waals surface area contributed by atoms with E-state index in [1.54, 1.807) is 7.05 Å². The number of carbonyl (C=O) groups excluding carboxylic acids is 1. The summed E-state index contributed by atoms with van der Waals surface area (Å²) in [7, 11) is 1.72. The molecule has 0 bridgehead atoms. The molecule has 1 amide bonds. The fraction of sp³-hybridized carbons (Fsp3) is 0.929. The van der Waals surface area contributed by atoms with Crippen molar-refractivity contribution in [3.63, 3.8) is 0 Å². The van der Waals surface area contributed by atoms with Crippen LogP contribution in [0.1, 0.15) is 32.1 Å². The maximum Gasteiger partial charge on any atom is 0.220 e. The molecular weight excluding hydrogens is 228 g/mol. The van der Waals surface area contributed by atoms with Crippen LogP contribution in [-0.2, 0) is 9.53 Å². The Kier molecular flexibility index (Phi) is 5.45. The number of ether oxygens (including phenoxy) is 1. The largest absolute Gasteiger partial charge is 0.381 e. The van der Waals surface area contributed by atoms with Crippen molar-refractivity contribution in [1.29, 1.82) is 0 Å². The lowest BCUT2D eigenvalue weighted by Gasteiger charge is -2.32. The number of hydrogen-bond donors (Lipinski definition) is 1. The molecule has 2 saturated heterocycles. The zero-order valence-corrected chi connectivity index (χ0v) is 11.5. The van der Waals surface area contributed by atoms with Gasteiger partial charge >= 0.3 is 0 Å². The molecule has 4 nitrogen and oxygen atoms in total. The van der Waals surface area contributed by atoms with Crippen LogP contribution in [0.2, 0.25) is 0 Å². The lowest BCUT2D eigenvalue weighted by atomic mass is 9.93. The Morgan fingerprint density at radius 1 is 1.28 bits per heavy atom. The van der Waals surface area contributed by atoms with E-state index >= 15 is 0 Å². The number of piperidine rings is 1. The van der Waals surface area contributed by atoms with Gasteiger partial charge in [-0.2, -0.15) is 0 Å². The van der Waals surface area contributed by atoms with Crippen LogP contribution in [0.4, 0.5) is 0 Å². The van der Waals surface area contributed by atoms with Gasteiger partial charge in [0, 0.05) is 26.7 Å². The zero-order chi connectivity index (χ0) is 12.8. The Bertz CT molecular complexity index is 257. The Hall–Kier alpha value is -0.610. The van der Waals surface area contributed by atoms with E-state index in [1.807, 2.05) is 0 Å². The van der Waals surface area contributed by atoms with Crippen molar-refractivity contribution in [2.45, 2.75) is 32.1 Å². The molecule has 2 fully saturated rings. The first-order valence-electron chi connectivity index (χ1n) is 7.28. The van der Waals surface area contributed by atoms with Gasteiger partial charge in [0.2, 0.25) is 5.91 Å². The minimum atomic E-state index is 0.191. The molecule has 0 spiro atoms. The Labute approximate surface area is 110 Å². The van der Waals surface area contributed by atoms with Gasteiger partial charge in [0.15, 0.2) is 0 Å². The van der Waals surface area contributed by atoms with E-state index in [0.717, 1.165) is 32.2 Å². The Balaban J connectivity index is 1.59. The maximum absolute atomic E-state index is 11.3. The second-order valence-corrected chi connectivity index (χ2v) is 5.68. The first-order chi connectivity index (χ1) is 8.78. The van der Waals surface area contributed by atoms with Crippen LogP contribution in [0, 0.1) is 11.8 Å². The van der Waals surface area contributed by atoms with Gasteiger partial charge in [-0.05, 0) is 57.2 Å². The van der Waals surface area contributed by atoms with E-state index in [4.69, 9.17) is 4.74 Å². The number of amides is 1. The summed E-state index contributed by atoms with van der Waals surface area (Å²) < 4.78 is 5.41. The van der Waals surface area contributed by atoms with Crippen LogP contribution in [0.15, 0.2) is 0 Å². The number of rotatable bonds is 5. The first-order valence-corrected chi connectivity index (χ1v) is 7.28. The van der Waals surface area contributed by atoms with Crippen LogP contribution in [0.3, 0.4) is 0 Å². The van der Waals surface area contributed by atoms with E-state index in [0.29, 0.717) is 12.3 Å². The van der Waals surface area contributed by atoms with E-state index in [2.05, 4.69) is 10.2 Å². The second kappa shape index (κ2) is 7.10. The highest BCUT2D eigenvalue weighted by Gasteiger charge is 2.22. The van der Waals surface area contributed by atoms with Gasteiger partial charge in [-0.1, -0.05) is 0 Å². The molecule has 2 aliphatic rings. The average Bonchev–Trinajstić information content (AvgIpc) is 2.91. The molecule has 1 atom stereocenters. The summed E-state index contributed by atoms with van der Waals surface area (Å²) in [6.45, 7) is 5.46. The molecule has 0 saturated carbocycles. The molecule has 2 rings (SSSR count). The highest BCUT2D eigenvalue weighted by Crippen LogP contribution is 2.22. The normalized spacial score (nSPS) is 26.4. The highest BCUT2D eigenvalue weighted by molar-refractivity contribution is 5.75. The molecule has 2 aliphatic heterocycles. The van der Waals surface area contributed by atoms with E-state index in [1.165, 1.54) is 32.2 Å². The van der Waals surface area contributed by atoms with E-state index in [-0.39, 0.29) is 5.91 Å². The molecule has 2 heterocycles. The predicted octanol–water partition coefficient (Wildman–Crippen LogP) is 1.26. The fourth-order valence-corrected chi connectivity index (χ4v) is 2.95. The summed E-state index contributed by atoms with van der Waals surface area (Å²) >= 11 is 0. The minimum absolute atomic E-state index is 0.191. The topological polar surface area (TPSA) is 41.6 Å². The van der Waals surface area contributed by atoms with Crippen molar-refractivity contribution in [3.8, 4) is 0 Å². The molecule has 1 N–H and O–H groups in total. The van der Waals surface area contributed by atoms with Crippen molar-refractivity contribution < 1.29 is 9.53 Å². The zero-order valence-electron chi connectivity index (χ0n) is 11.5. The smallest absolute Gasteiger partial charge is 0.220 e. The molecule has 0 aromatic carbocycles. The Morgan fingerprint density at radius 3 is 2.67 bits per heavy atom. The number of carbonyl (C=O) groups is 1. The van der Waals surface area contributed by atoms with E-state index in [9.17, 15) is 4.79 Å². The van der Waals surface area contributed by atoms with Crippen molar-refractivity contribution in [1.82, 2.24) is 10.2 Å². The van der Waals surface area contributed by atoms with Crippen LogP contribution < -0.4 is 5.32 Å². The lowest BCUT2D eigenvalue weighted by Crippen LogP contribution is -2.36. The lowest BCUT2D eigenvalue weighted by molar-refractivity contribution is -0.121. The third-order valence-corrected chi connectivity index (χ3v) is 4.34. The third kappa shape index (κ3) is 4.25. The molecule has 0 aromatic heterocycles. The molecule has 4 heteroatoms. The number of likely N-dealkylation sites (tertiary alicyclic amines) is 1. The van der Waals surface area contributed by atoms with Crippen molar-refractivity contribution in [2.75, 3.05) is 39.9 Å². The summed E-state index contributed by atoms with van der Waals surface area (Å²) in [6.07, 6.45) is 5.58. The minimum Gasteiger partial charge on any atom is -0.381 e. The standard InChI is InChI=1S/C14H26N2O2/c1-15-14(17)10-12-2-6-16(7-3-12)8-4-13-5-9-18-11-13/h12-13H,2-11H2,1H3,(H,15,17). The van der Waals surface area contributed by atoms with Gasteiger partial charge in [0.05, 0.1) is 0 Å². The SMILES string of the molecule is CNC(=O)CC1CCN(CCC2CCOC2)CC1. The average molecular weight is 254 g/mol. The van der Waals surface area contributed by atoms with Gasteiger partial charge < -0.3 is 15.0 Å². The highest BCUT2D eigenvalue weighted by atomic mass is 16.5. The van der Waals surface area contributed by atoms with Gasteiger partial charge in [-0.25, -0.2) is 0 Å². The monoisotopic (exact) mass is 254 g/mol. The fourth-order valence-electron chi connectivity index (χ4n) is 2.95. The quantitative estimate of drug-likeness (QED) is 0.803. The van der Waals surface area contributed by atoms with Crippen LogP contribution in [0.25, 0.3) is 0 Å². The summed E-state index contributed by atoms with van der Waals surface area (Å²) in [4.78, 5) is 13.9. The summed E-state index contributed by atoms with van der Waals surface area (Å²) in [5.74, 6) is 1.57. The number of hydrogen-bond acceptors (Lipinski definition) is 3. The van der Waals surface area contributed by atoms with Crippen molar-refractivity contribution in [2.24, 2.45) is 11.8 Å². The van der Waals surface area contributed by atoms with Crippen molar-refractivity contribution in [3.05, 3.63) is 0 Å². The first kappa shape index (κ1) is 13.8. The molecular formula is C14H26N2O2. The molecule has 18 heavy (non-hydrogen) atoms. The van der Waals surface area contributed by atoms with Crippen molar-refractivity contribution >= 4 is 5.91 Å². The molecule has 1 unspecified atom stereocenters. The van der Waals surface area contributed by atoms with Gasteiger partial charge in [0.25, 0.3) is 0 Å². The molecule has 104 valence electrons. The van der Waals surface area contributed by atoms with Crippen LogP contribution in [0.5, 0.6) is 0 Å². The summed E-state index contributed by atoms with van der Waals surface area (Å²) in [5, 5.41) is 2.72. The van der Waals surface area contributed by atoms with Crippen LogP contribution >= 0.6 is 0 Å². The van der Waals surface area contributed by atoms with Gasteiger partial charge in [0.1, 0.15) is 0 Å². The third-order valence-electron chi connectivity index (χ3n) is 4.34. The van der Waals surface area contributed by atoms with Gasteiger partial charge in [-0.3, -0.25) is 4.79 Å². The van der Waals surface area contributed by atoms with Gasteiger partial charge in [-0.15, -0.1) is 0 Å². The maximum atomic E-state index is 11.3. The van der Waals surface area contributed by atoms with E-state index < -0.39 is 0 Å². The number of nitrogens with one attached hydrogen (secondary N) is 1. The summed E-state index contributed by atoms with van der Waals surface area (Å²) in [6, 6.07) is 0. The second-order valence-electron chi connectivity index (χ2n) is 5.68. The molecule has 0 aliphatic carbocycles. The summed E-state index contributed by atoms with van der Waals surface area (Å²) in [5.41, 5.74) is 0. The van der Waals surface area contributed by atoms with Crippen LogP contribution in [-0.4, -0.2) is 50.7 Å². The molecule has 0 radical (unpaired) electrons. The predicted molar refractivity (Wildman–Crippen MR) is 71.4 cm³/mol. The number of nitrogens with zero attached hydrogens (tertiary/aromatic N) is 1. The Morgan fingerprint density at radius 2 is 2.06 bits per heavy atom. The molecule has 0 aromatic rings.